The van der Waals surface area contributed by atoms with Gasteiger partial charge in [-0.25, -0.2) is 15.8 Å². The summed E-state index contributed by atoms with van der Waals surface area (Å²) in [5, 5.41) is 1.06. The molecule has 0 atom stereocenters. The van der Waals surface area contributed by atoms with Crippen molar-refractivity contribution in [2.24, 2.45) is 5.84 Å². The van der Waals surface area contributed by atoms with E-state index < -0.39 is 0 Å². The highest BCUT2D eigenvalue weighted by atomic mass is 16.5. The first-order valence-electron chi connectivity index (χ1n) is 5.66. The minimum absolute atomic E-state index is 0.415. The molecule has 0 aliphatic carbocycles. The van der Waals surface area contributed by atoms with Gasteiger partial charge in [-0.2, -0.15) is 0 Å². The Balaban J connectivity index is 1.92. The van der Waals surface area contributed by atoms with Crippen LogP contribution in [0.1, 0.15) is 0 Å². The average Bonchev–Trinajstić information content (AvgIpc) is 2.47. The van der Waals surface area contributed by atoms with E-state index in [0.29, 0.717) is 17.4 Å². The Morgan fingerprint density at radius 1 is 1.05 bits per heavy atom. The molecule has 3 aromatic rings. The zero-order valence-electron chi connectivity index (χ0n) is 9.95. The van der Waals surface area contributed by atoms with Gasteiger partial charge in [-0.15, -0.1) is 0 Å². The third-order valence-electron chi connectivity index (χ3n) is 2.59. The van der Waals surface area contributed by atoms with Gasteiger partial charge in [0.2, 0.25) is 5.88 Å². The van der Waals surface area contributed by atoms with Gasteiger partial charge in [0.1, 0.15) is 17.9 Å². The second-order valence-corrected chi connectivity index (χ2v) is 3.85. The quantitative estimate of drug-likeness (QED) is 0.549. The third kappa shape index (κ3) is 2.43. The Morgan fingerprint density at radius 3 is 2.89 bits per heavy atom. The molecule has 3 rings (SSSR count). The molecule has 0 unspecified atom stereocenters. The molecule has 0 radical (unpaired) electrons. The predicted octanol–water partition coefficient (Wildman–Crippen LogP) is 2.10. The van der Waals surface area contributed by atoms with Crippen LogP contribution in [0.3, 0.4) is 0 Å². The van der Waals surface area contributed by atoms with Gasteiger partial charge in [0.05, 0.1) is 5.52 Å². The largest absolute Gasteiger partial charge is 0.439 e. The van der Waals surface area contributed by atoms with Crippen molar-refractivity contribution in [3.63, 3.8) is 0 Å². The molecular weight excluding hydrogens is 242 g/mol. The van der Waals surface area contributed by atoms with Crippen LogP contribution in [0.5, 0.6) is 11.6 Å². The number of benzene rings is 1. The number of nitrogens with two attached hydrogens (primary N) is 1. The number of hydrogen-bond donors (Lipinski definition) is 2. The number of nitrogens with zero attached hydrogens (tertiary/aromatic N) is 3. The lowest BCUT2D eigenvalue weighted by Gasteiger charge is -2.06. The first-order valence-corrected chi connectivity index (χ1v) is 5.66. The number of ether oxygens (including phenoxy) is 1. The van der Waals surface area contributed by atoms with Gasteiger partial charge in [-0.1, -0.05) is 6.07 Å². The Kier molecular flexibility index (Phi) is 2.91. The highest BCUT2D eigenvalue weighted by molar-refractivity contribution is 5.79. The number of rotatable bonds is 3. The van der Waals surface area contributed by atoms with Crippen LogP contribution in [-0.4, -0.2) is 15.0 Å². The second kappa shape index (κ2) is 4.87. The molecular formula is C13H11N5O. The molecule has 0 saturated heterocycles. The molecule has 0 saturated carbocycles. The summed E-state index contributed by atoms with van der Waals surface area (Å²) in [6, 6.07) is 11.2. The van der Waals surface area contributed by atoms with Gasteiger partial charge in [0.25, 0.3) is 0 Å². The van der Waals surface area contributed by atoms with Gasteiger partial charge < -0.3 is 10.2 Å². The van der Waals surface area contributed by atoms with E-state index in [-0.39, 0.29) is 0 Å². The molecule has 94 valence electrons. The fraction of sp³-hybridized carbons (Fsp3) is 0. The fourth-order valence-electron chi connectivity index (χ4n) is 1.70. The molecule has 2 aromatic heterocycles. The maximum absolute atomic E-state index is 5.64. The fourth-order valence-corrected chi connectivity index (χ4v) is 1.70. The van der Waals surface area contributed by atoms with E-state index in [4.69, 9.17) is 10.6 Å². The monoisotopic (exact) mass is 253 g/mol. The van der Waals surface area contributed by atoms with Crippen LogP contribution in [0.15, 0.2) is 48.9 Å². The van der Waals surface area contributed by atoms with E-state index in [2.05, 4.69) is 20.4 Å². The van der Waals surface area contributed by atoms with Crippen molar-refractivity contribution >= 4 is 16.7 Å². The van der Waals surface area contributed by atoms with E-state index in [1.54, 1.807) is 12.3 Å². The molecule has 19 heavy (non-hydrogen) atoms. The van der Waals surface area contributed by atoms with Gasteiger partial charge in [0.15, 0.2) is 0 Å². The number of fused-ring (bicyclic) bond motifs is 1. The predicted molar refractivity (Wildman–Crippen MR) is 71.7 cm³/mol. The topological polar surface area (TPSA) is 86.0 Å². The summed E-state index contributed by atoms with van der Waals surface area (Å²) in [5.41, 5.74) is 3.31. The van der Waals surface area contributed by atoms with Crippen LogP contribution >= 0.6 is 0 Å². The Hall–Kier alpha value is -2.73. The number of nitrogen functional groups attached to an aromatic ring is 1. The number of hydrogen-bond acceptors (Lipinski definition) is 6. The van der Waals surface area contributed by atoms with Gasteiger partial charge in [0, 0.05) is 23.7 Å². The van der Waals surface area contributed by atoms with Crippen LogP contribution < -0.4 is 16.0 Å². The van der Waals surface area contributed by atoms with Crippen LogP contribution in [-0.2, 0) is 0 Å². The van der Waals surface area contributed by atoms with Crippen molar-refractivity contribution in [1.82, 2.24) is 15.0 Å². The summed E-state index contributed by atoms with van der Waals surface area (Å²) in [7, 11) is 0. The van der Waals surface area contributed by atoms with E-state index in [9.17, 15) is 0 Å². The molecule has 1 aromatic carbocycles. The summed E-state index contributed by atoms with van der Waals surface area (Å²) in [4.78, 5) is 12.2. The lowest BCUT2D eigenvalue weighted by molar-refractivity contribution is 0.462. The zero-order chi connectivity index (χ0) is 13.1. The minimum Gasteiger partial charge on any atom is -0.439 e. The molecule has 0 aliphatic heterocycles. The minimum atomic E-state index is 0.415. The zero-order valence-corrected chi connectivity index (χ0v) is 9.95. The number of hydrazine groups is 1. The van der Waals surface area contributed by atoms with Crippen LogP contribution in [0.2, 0.25) is 0 Å². The molecule has 0 spiro atoms. The molecule has 0 aliphatic rings. The molecule has 6 heteroatoms. The van der Waals surface area contributed by atoms with Gasteiger partial charge in [-0.3, -0.25) is 4.98 Å². The van der Waals surface area contributed by atoms with E-state index in [1.807, 2.05) is 30.3 Å². The smallest absolute Gasteiger partial charge is 0.224 e. The highest BCUT2D eigenvalue weighted by Crippen LogP contribution is 2.23. The molecule has 2 heterocycles. The van der Waals surface area contributed by atoms with Crippen molar-refractivity contribution in [2.45, 2.75) is 0 Å². The Labute approximate surface area is 109 Å². The number of anilines is 1. The summed E-state index contributed by atoms with van der Waals surface area (Å²) in [6.45, 7) is 0. The van der Waals surface area contributed by atoms with Crippen molar-refractivity contribution in [2.75, 3.05) is 5.43 Å². The van der Waals surface area contributed by atoms with E-state index in [0.717, 1.165) is 10.9 Å². The summed E-state index contributed by atoms with van der Waals surface area (Å²) < 4.78 is 5.64. The van der Waals surface area contributed by atoms with Crippen molar-refractivity contribution < 1.29 is 4.74 Å². The Bertz CT molecular complexity index is 716. The summed E-state index contributed by atoms with van der Waals surface area (Å²) in [6.07, 6.45) is 3.12. The normalized spacial score (nSPS) is 10.4. The van der Waals surface area contributed by atoms with Crippen molar-refractivity contribution in [3.05, 3.63) is 48.9 Å². The average molecular weight is 253 g/mol. The van der Waals surface area contributed by atoms with Crippen LogP contribution in [0.25, 0.3) is 10.9 Å². The lowest BCUT2D eigenvalue weighted by atomic mass is 10.2. The van der Waals surface area contributed by atoms with Crippen LogP contribution in [0.4, 0.5) is 5.82 Å². The van der Waals surface area contributed by atoms with Crippen LogP contribution in [0, 0.1) is 0 Å². The number of nitrogens with one attached hydrogen (secondary N) is 1. The number of aromatic nitrogens is 3. The van der Waals surface area contributed by atoms with Gasteiger partial charge in [-0.05, 0) is 18.2 Å². The molecule has 3 N–H and O–H groups in total. The summed E-state index contributed by atoms with van der Waals surface area (Å²) in [5.74, 6) is 6.85. The molecule has 0 amide bonds. The SMILES string of the molecule is NNc1cc(Oc2ccc3cccnc3c2)ncn1. The lowest BCUT2D eigenvalue weighted by Crippen LogP contribution is -2.08. The van der Waals surface area contributed by atoms with Crippen molar-refractivity contribution in [1.29, 1.82) is 0 Å². The first-order chi connectivity index (χ1) is 9.35. The highest BCUT2D eigenvalue weighted by Gasteiger charge is 2.02. The first kappa shape index (κ1) is 11.4. The maximum Gasteiger partial charge on any atom is 0.224 e. The van der Waals surface area contributed by atoms with Crippen molar-refractivity contribution in [3.8, 4) is 11.6 Å². The molecule has 0 fully saturated rings. The van der Waals surface area contributed by atoms with E-state index >= 15 is 0 Å². The summed E-state index contributed by atoms with van der Waals surface area (Å²) >= 11 is 0. The molecule has 0 bridgehead atoms. The standard InChI is InChI=1S/C13H11N5O/c14-18-12-7-13(17-8-16-12)19-10-4-3-9-2-1-5-15-11(9)6-10/h1-8H,14H2,(H,16,17,18). The third-order valence-corrected chi connectivity index (χ3v) is 2.59. The maximum atomic E-state index is 5.64. The Morgan fingerprint density at radius 2 is 2.00 bits per heavy atom. The molecule has 6 nitrogen and oxygen atoms in total. The number of pyridine rings is 1. The second-order valence-electron chi connectivity index (χ2n) is 3.85. The van der Waals surface area contributed by atoms with Gasteiger partial charge >= 0.3 is 0 Å². The van der Waals surface area contributed by atoms with E-state index in [1.165, 1.54) is 6.33 Å².